The summed E-state index contributed by atoms with van der Waals surface area (Å²) in [6, 6.07) is 12.3. The highest BCUT2D eigenvalue weighted by Crippen LogP contribution is 2.34. The zero-order chi connectivity index (χ0) is 17.4. The second kappa shape index (κ2) is 6.30. The molecule has 2 aromatic carbocycles. The molecule has 0 saturated heterocycles. The SMILES string of the molecule is Cc1cccc(NC2=C(Cl)C(=O)N(c3ccccc3Cl)C2=O)c1C. The standard InChI is InChI=1S/C18H14Cl2N2O2/c1-10-6-5-8-13(11(10)2)21-16-15(20)17(23)22(18(16)24)14-9-4-3-7-12(14)19/h3-9,21H,1-2H3. The van der Waals surface area contributed by atoms with Crippen molar-refractivity contribution in [3.05, 3.63) is 69.3 Å². The average molecular weight is 361 g/mol. The normalized spacial score (nSPS) is 14.6. The molecule has 0 aromatic heterocycles. The van der Waals surface area contributed by atoms with Crippen molar-refractivity contribution < 1.29 is 9.59 Å². The highest BCUT2D eigenvalue weighted by molar-refractivity contribution is 6.53. The van der Waals surface area contributed by atoms with Gasteiger partial charge in [-0.2, -0.15) is 0 Å². The predicted molar refractivity (Wildman–Crippen MR) is 96.4 cm³/mol. The second-order valence-electron chi connectivity index (χ2n) is 5.46. The molecule has 0 bridgehead atoms. The van der Waals surface area contributed by atoms with Gasteiger partial charge in [-0.15, -0.1) is 0 Å². The van der Waals surface area contributed by atoms with Crippen LogP contribution in [0.5, 0.6) is 0 Å². The first kappa shape index (κ1) is 16.6. The van der Waals surface area contributed by atoms with Gasteiger partial charge in [-0.3, -0.25) is 9.59 Å². The lowest BCUT2D eigenvalue weighted by atomic mass is 10.1. The number of imide groups is 1. The van der Waals surface area contributed by atoms with Gasteiger partial charge in [0.05, 0.1) is 10.7 Å². The number of benzene rings is 2. The maximum atomic E-state index is 12.7. The van der Waals surface area contributed by atoms with Gasteiger partial charge in [0.1, 0.15) is 10.7 Å². The van der Waals surface area contributed by atoms with Crippen LogP contribution in [0.4, 0.5) is 11.4 Å². The summed E-state index contributed by atoms with van der Waals surface area (Å²) in [6.07, 6.45) is 0. The molecule has 1 N–H and O–H groups in total. The van der Waals surface area contributed by atoms with Gasteiger partial charge in [0.2, 0.25) is 0 Å². The van der Waals surface area contributed by atoms with Gasteiger partial charge in [-0.1, -0.05) is 47.5 Å². The summed E-state index contributed by atoms with van der Waals surface area (Å²) < 4.78 is 0. The molecule has 122 valence electrons. The Morgan fingerprint density at radius 2 is 1.62 bits per heavy atom. The number of nitrogens with zero attached hydrogens (tertiary/aromatic N) is 1. The Morgan fingerprint density at radius 1 is 0.917 bits per heavy atom. The molecule has 0 radical (unpaired) electrons. The smallest absolute Gasteiger partial charge is 0.283 e. The number of anilines is 2. The molecule has 1 heterocycles. The molecule has 3 rings (SSSR count). The molecule has 0 spiro atoms. The van der Waals surface area contributed by atoms with Crippen LogP contribution in [0.3, 0.4) is 0 Å². The third kappa shape index (κ3) is 2.68. The quantitative estimate of drug-likeness (QED) is 0.825. The molecule has 2 aromatic rings. The van der Waals surface area contributed by atoms with Gasteiger partial charge in [0.15, 0.2) is 0 Å². The lowest BCUT2D eigenvalue weighted by Crippen LogP contribution is -2.32. The van der Waals surface area contributed by atoms with Crippen molar-refractivity contribution in [2.45, 2.75) is 13.8 Å². The van der Waals surface area contributed by atoms with E-state index >= 15 is 0 Å². The maximum Gasteiger partial charge on any atom is 0.283 e. The van der Waals surface area contributed by atoms with Crippen LogP contribution >= 0.6 is 23.2 Å². The highest BCUT2D eigenvalue weighted by Gasteiger charge is 2.39. The Hall–Kier alpha value is -2.30. The van der Waals surface area contributed by atoms with E-state index in [1.807, 2.05) is 32.0 Å². The summed E-state index contributed by atoms with van der Waals surface area (Å²) >= 11 is 12.2. The van der Waals surface area contributed by atoms with Crippen LogP contribution in [0.25, 0.3) is 0 Å². The maximum absolute atomic E-state index is 12.7. The summed E-state index contributed by atoms with van der Waals surface area (Å²) in [4.78, 5) is 26.1. The molecule has 6 heteroatoms. The third-order valence-corrected chi connectivity index (χ3v) is 4.66. The van der Waals surface area contributed by atoms with E-state index < -0.39 is 11.8 Å². The number of nitrogens with one attached hydrogen (secondary N) is 1. The van der Waals surface area contributed by atoms with Crippen LogP contribution in [0, 0.1) is 13.8 Å². The van der Waals surface area contributed by atoms with E-state index in [9.17, 15) is 9.59 Å². The van der Waals surface area contributed by atoms with Gasteiger partial charge in [0.25, 0.3) is 11.8 Å². The Morgan fingerprint density at radius 3 is 2.33 bits per heavy atom. The Labute approximate surface area is 149 Å². The van der Waals surface area contributed by atoms with Crippen LogP contribution in [-0.2, 0) is 9.59 Å². The summed E-state index contributed by atoms with van der Waals surface area (Å²) in [7, 11) is 0. The molecule has 4 nitrogen and oxygen atoms in total. The molecule has 0 atom stereocenters. The van der Waals surface area contributed by atoms with E-state index in [2.05, 4.69) is 5.32 Å². The number of amides is 2. The molecule has 2 amide bonds. The number of hydrogen-bond donors (Lipinski definition) is 1. The van der Waals surface area contributed by atoms with Crippen LogP contribution in [0.2, 0.25) is 5.02 Å². The zero-order valence-electron chi connectivity index (χ0n) is 13.1. The minimum Gasteiger partial charge on any atom is -0.349 e. The number of aryl methyl sites for hydroxylation is 1. The first-order valence-corrected chi connectivity index (χ1v) is 8.03. The van der Waals surface area contributed by atoms with E-state index in [1.165, 1.54) is 0 Å². The Kier molecular flexibility index (Phi) is 4.35. The largest absolute Gasteiger partial charge is 0.349 e. The van der Waals surface area contributed by atoms with Crippen LogP contribution in [0.1, 0.15) is 11.1 Å². The monoisotopic (exact) mass is 360 g/mol. The van der Waals surface area contributed by atoms with Gasteiger partial charge in [-0.05, 0) is 43.2 Å². The zero-order valence-corrected chi connectivity index (χ0v) is 14.6. The van der Waals surface area contributed by atoms with Crippen molar-refractivity contribution >= 4 is 46.4 Å². The van der Waals surface area contributed by atoms with Crippen LogP contribution < -0.4 is 10.2 Å². The van der Waals surface area contributed by atoms with E-state index in [1.54, 1.807) is 24.3 Å². The minimum absolute atomic E-state index is 0.0512. The summed E-state index contributed by atoms with van der Waals surface area (Å²) in [6.45, 7) is 3.90. The van der Waals surface area contributed by atoms with Crippen LogP contribution in [-0.4, -0.2) is 11.8 Å². The molecule has 0 aliphatic carbocycles. The number of carbonyl (C=O) groups is 2. The lowest BCUT2D eigenvalue weighted by Gasteiger charge is -2.17. The first-order valence-electron chi connectivity index (χ1n) is 7.28. The van der Waals surface area contributed by atoms with Crippen molar-refractivity contribution in [1.82, 2.24) is 0 Å². The molecule has 0 fully saturated rings. The third-order valence-electron chi connectivity index (χ3n) is 3.98. The second-order valence-corrected chi connectivity index (χ2v) is 6.24. The Balaban J connectivity index is 1.98. The van der Waals surface area contributed by atoms with Gasteiger partial charge in [-0.25, -0.2) is 4.90 Å². The first-order chi connectivity index (χ1) is 11.4. The fourth-order valence-corrected chi connectivity index (χ4v) is 2.92. The molecule has 0 unspecified atom stereocenters. The Bertz CT molecular complexity index is 890. The molecule has 1 aliphatic rings. The molecule has 0 saturated carbocycles. The molecular formula is C18H14Cl2N2O2. The fraction of sp³-hybridized carbons (Fsp3) is 0.111. The molecule has 1 aliphatic heterocycles. The number of hydrogen-bond acceptors (Lipinski definition) is 3. The van der Waals surface area contributed by atoms with Crippen molar-refractivity contribution in [2.24, 2.45) is 0 Å². The van der Waals surface area contributed by atoms with Crippen molar-refractivity contribution in [2.75, 3.05) is 10.2 Å². The average Bonchev–Trinajstić information content (AvgIpc) is 2.76. The number of halogens is 2. The van der Waals surface area contributed by atoms with Crippen molar-refractivity contribution in [3.63, 3.8) is 0 Å². The predicted octanol–water partition coefficient (Wildman–Crippen LogP) is 4.39. The lowest BCUT2D eigenvalue weighted by molar-refractivity contribution is -0.120. The number of para-hydroxylation sites is 1. The summed E-state index contributed by atoms with van der Waals surface area (Å²) in [5.41, 5.74) is 3.13. The molecular weight excluding hydrogens is 347 g/mol. The minimum atomic E-state index is -0.595. The van der Waals surface area contributed by atoms with E-state index in [-0.39, 0.29) is 10.7 Å². The van der Waals surface area contributed by atoms with Crippen LogP contribution in [0.15, 0.2) is 53.2 Å². The highest BCUT2D eigenvalue weighted by atomic mass is 35.5. The van der Waals surface area contributed by atoms with Gasteiger partial charge < -0.3 is 5.32 Å². The van der Waals surface area contributed by atoms with Gasteiger partial charge in [0, 0.05) is 5.69 Å². The number of rotatable bonds is 3. The van der Waals surface area contributed by atoms with Crippen molar-refractivity contribution in [3.8, 4) is 0 Å². The topological polar surface area (TPSA) is 49.4 Å². The van der Waals surface area contributed by atoms with E-state index in [0.717, 1.165) is 21.7 Å². The summed E-state index contributed by atoms with van der Waals surface area (Å²) in [5, 5.41) is 3.14. The van der Waals surface area contributed by atoms with E-state index in [0.29, 0.717) is 10.7 Å². The summed E-state index contributed by atoms with van der Waals surface area (Å²) in [5.74, 6) is -1.12. The van der Waals surface area contributed by atoms with Crippen molar-refractivity contribution in [1.29, 1.82) is 0 Å². The number of carbonyl (C=O) groups excluding carboxylic acids is 2. The fourth-order valence-electron chi connectivity index (χ4n) is 2.48. The van der Waals surface area contributed by atoms with E-state index in [4.69, 9.17) is 23.2 Å². The van der Waals surface area contributed by atoms with Gasteiger partial charge >= 0.3 is 0 Å². The molecule has 24 heavy (non-hydrogen) atoms.